The average molecular weight is 915 g/mol. The number of carbonyl (C=O) groups excluding carboxylic acids is 8. The van der Waals surface area contributed by atoms with E-state index in [0.29, 0.717) is 53.7 Å². The number of carbonyl (C=O) groups is 8. The molecule has 1 unspecified atom stereocenters. The topological polar surface area (TPSA) is 274 Å². The van der Waals surface area contributed by atoms with Gasteiger partial charge in [0.25, 0.3) is 5.56 Å². The van der Waals surface area contributed by atoms with Crippen molar-refractivity contribution < 1.29 is 57.3 Å². The quantitative estimate of drug-likeness (QED) is 0.0354. The van der Waals surface area contributed by atoms with Crippen molar-refractivity contribution in [2.24, 2.45) is 11.3 Å². The van der Waals surface area contributed by atoms with E-state index in [2.05, 4.69) is 26.6 Å². The molecule has 350 valence electrons. The van der Waals surface area contributed by atoms with Gasteiger partial charge in [-0.2, -0.15) is 0 Å². The maximum Gasteiger partial charge on any atom is 0.343 e. The fourth-order valence-corrected chi connectivity index (χ4v) is 9.34. The Morgan fingerprint density at radius 2 is 1.62 bits per heavy atom. The summed E-state index contributed by atoms with van der Waals surface area (Å²) in [6.45, 7) is 3.36. The van der Waals surface area contributed by atoms with Crippen LogP contribution in [-0.4, -0.2) is 106 Å². The molecule has 3 aromatic rings. The first-order valence-electron chi connectivity index (χ1n) is 22.0. The second-order valence-electron chi connectivity index (χ2n) is 17.8. The number of esters is 1. The molecule has 8 rings (SSSR count). The van der Waals surface area contributed by atoms with E-state index >= 15 is 4.39 Å². The van der Waals surface area contributed by atoms with E-state index in [1.165, 1.54) is 10.6 Å². The molecule has 3 atom stereocenters. The third-order valence-corrected chi connectivity index (χ3v) is 13.4. The lowest BCUT2D eigenvalue weighted by atomic mass is 9.81. The second kappa shape index (κ2) is 18.0. The summed E-state index contributed by atoms with van der Waals surface area (Å²) < 4.78 is 27.8. The van der Waals surface area contributed by atoms with Crippen molar-refractivity contribution in [2.45, 2.75) is 96.9 Å². The molecule has 5 heterocycles. The van der Waals surface area contributed by atoms with Crippen LogP contribution in [0.1, 0.15) is 98.2 Å². The number of ether oxygens (including phenoxy) is 2. The first-order chi connectivity index (χ1) is 31.4. The Kier molecular flexibility index (Phi) is 12.5. The number of nitrogens with one attached hydrogen (secondary N) is 5. The summed E-state index contributed by atoms with van der Waals surface area (Å²) in [6.07, 6.45) is 2.37. The maximum absolute atomic E-state index is 15.3. The van der Waals surface area contributed by atoms with Gasteiger partial charge in [-0.15, -0.1) is 0 Å². The number of benzene rings is 1. The summed E-state index contributed by atoms with van der Waals surface area (Å²) in [7, 11) is 0. The molecule has 3 aliphatic heterocycles. The molecule has 2 fully saturated rings. The Labute approximate surface area is 376 Å². The Bertz CT molecular complexity index is 2680. The molecule has 1 saturated heterocycles. The highest BCUT2D eigenvalue weighted by Gasteiger charge is 2.47. The lowest BCUT2D eigenvalue weighted by molar-refractivity contribution is -0.172. The summed E-state index contributed by atoms with van der Waals surface area (Å²) in [5.41, 5.74) is 1.25. The Morgan fingerprint density at radius 3 is 2.27 bits per heavy atom. The third-order valence-electron chi connectivity index (χ3n) is 13.4. The van der Waals surface area contributed by atoms with E-state index in [-0.39, 0.29) is 87.6 Å². The van der Waals surface area contributed by atoms with Crippen LogP contribution in [0.15, 0.2) is 16.9 Å². The van der Waals surface area contributed by atoms with E-state index < -0.39 is 83.6 Å². The van der Waals surface area contributed by atoms with Gasteiger partial charge in [-0.3, -0.25) is 43.3 Å². The maximum atomic E-state index is 15.3. The molecular formula is C45H51FN8O12. The highest BCUT2D eigenvalue weighted by molar-refractivity contribution is 6.03. The largest absolute Gasteiger partial charge is 0.458 e. The molecule has 20 nitrogen and oxygen atoms in total. The van der Waals surface area contributed by atoms with E-state index in [1.807, 2.05) is 0 Å². The van der Waals surface area contributed by atoms with Gasteiger partial charge in [-0.1, -0.05) is 13.8 Å². The Morgan fingerprint density at radius 1 is 0.939 bits per heavy atom. The lowest BCUT2D eigenvalue weighted by Crippen LogP contribution is -2.45. The highest BCUT2D eigenvalue weighted by atomic mass is 19.1. The predicted octanol–water partition coefficient (Wildman–Crippen LogP) is 0.0249. The van der Waals surface area contributed by atoms with Crippen molar-refractivity contribution in [2.75, 3.05) is 39.5 Å². The van der Waals surface area contributed by atoms with Crippen LogP contribution in [0.4, 0.5) is 4.39 Å². The standard InChI is InChI=1S/C45H51FN8O12/c1-4-45(64)27-12-31-40-25(18-54(31)42(62)26(27)19-66-43(45)63)39-29(6-5-24-23(3)28(46)13-30(52-40)38(24)39)51-33(56)14-44(8-9-44)20-65-21-50-36(59)17-49-35(58)16-48-34(57)15-47-32(55)7-10-53-37(60)11-22(2)41(53)61/h12-13,22,29,64H,4-11,14-21H2,1-3H3,(H,47,55)(H,48,57)(H,49,58)(H,50,59)(H,51,56)/t22?,29-,45-/m0/s1. The van der Waals surface area contributed by atoms with Crippen LogP contribution in [0.25, 0.3) is 22.3 Å². The molecule has 2 aromatic heterocycles. The molecule has 1 aromatic carbocycles. The SMILES string of the molecule is CC[C@@]1(O)C(=O)OCc2c1cc1n(c2=O)Cc2c-1nc1cc(F)c(C)c3c1c2[C@@H](NC(=O)CC1(COCNC(=O)CNC(=O)CNC(=O)CNC(=O)CCN2C(=O)CC(C)C2=O)CC1)CC3. The van der Waals surface area contributed by atoms with Crippen LogP contribution in [0.2, 0.25) is 0 Å². The number of aromatic nitrogens is 2. The molecule has 2 aliphatic carbocycles. The number of aliphatic hydroxyl groups is 1. The molecule has 0 spiro atoms. The summed E-state index contributed by atoms with van der Waals surface area (Å²) >= 11 is 0. The van der Waals surface area contributed by atoms with Crippen LogP contribution in [0.5, 0.6) is 0 Å². The van der Waals surface area contributed by atoms with Gasteiger partial charge in [0.05, 0.1) is 61.3 Å². The zero-order chi connectivity index (χ0) is 47.2. The van der Waals surface area contributed by atoms with Gasteiger partial charge in [0, 0.05) is 59.7 Å². The second-order valence-corrected chi connectivity index (χ2v) is 17.8. The van der Waals surface area contributed by atoms with Crippen LogP contribution in [-0.2, 0) is 73.0 Å². The number of cyclic esters (lactones) is 1. The van der Waals surface area contributed by atoms with Gasteiger partial charge >= 0.3 is 5.97 Å². The zero-order valence-corrected chi connectivity index (χ0v) is 36.8. The fraction of sp³-hybridized carbons (Fsp3) is 0.511. The Balaban J connectivity index is 0.814. The summed E-state index contributed by atoms with van der Waals surface area (Å²) in [4.78, 5) is 119. The number of pyridine rings is 2. The minimum Gasteiger partial charge on any atom is -0.458 e. The third kappa shape index (κ3) is 8.75. The molecule has 0 radical (unpaired) electrons. The molecule has 21 heteroatoms. The van der Waals surface area contributed by atoms with Crippen LogP contribution in [0, 0.1) is 24.1 Å². The van der Waals surface area contributed by atoms with Crippen molar-refractivity contribution in [3.8, 4) is 11.4 Å². The normalized spacial score (nSPS) is 20.8. The van der Waals surface area contributed by atoms with Crippen LogP contribution < -0.4 is 32.1 Å². The van der Waals surface area contributed by atoms with Crippen LogP contribution >= 0.6 is 0 Å². The zero-order valence-electron chi connectivity index (χ0n) is 36.8. The smallest absolute Gasteiger partial charge is 0.343 e. The Hall–Kier alpha value is -6.61. The van der Waals surface area contributed by atoms with Gasteiger partial charge in [0.1, 0.15) is 19.2 Å². The van der Waals surface area contributed by atoms with E-state index in [1.54, 1.807) is 26.8 Å². The summed E-state index contributed by atoms with van der Waals surface area (Å²) in [5.74, 6) is -5.08. The van der Waals surface area contributed by atoms with Crippen molar-refractivity contribution in [1.29, 1.82) is 0 Å². The molecular weight excluding hydrogens is 864 g/mol. The molecule has 66 heavy (non-hydrogen) atoms. The summed E-state index contributed by atoms with van der Waals surface area (Å²) in [5, 5.41) is 24.8. The van der Waals surface area contributed by atoms with E-state index in [9.17, 15) is 48.3 Å². The first kappa shape index (κ1) is 45.9. The fourth-order valence-electron chi connectivity index (χ4n) is 9.34. The highest BCUT2D eigenvalue weighted by Crippen LogP contribution is 2.50. The number of imide groups is 1. The van der Waals surface area contributed by atoms with Crippen molar-refractivity contribution >= 4 is 58.2 Å². The number of aryl methyl sites for hydroxylation is 1. The first-order valence-corrected chi connectivity index (χ1v) is 22.0. The van der Waals surface area contributed by atoms with Crippen LogP contribution in [0.3, 0.4) is 0 Å². The van der Waals surface area contributed by atoms with Crippen molar-refractivity contribution in [3.63, 3.8) is 0 Å². The minimum absolute atomic E-state index is 0.0240. The van der Waals surface area contributed by atoms with Gasteiger partial charge in [-0.05, 0) is 61.8 Å². The molecule has 0 bridgehead atoms. The monoisotopic (exact) mass is 914 g/mol. The molecule has 1 saturated carbocycles. The molecule has 5 aliphatic rings. The number of nitrogens with zero attached hydrogens (tertiary/aromatic N) is 3. The lowest BCUT2D eigenvalue weighted by Gasteiger charge is -2.31. The van der Waals surface area contributed by atoms with Crippen molar-refractivity contribution in [3.05, 3.63) is 61.7 Å². The number of rotatable bonds is 17. The van der Waals surface area contributed by atoms with Gasteiger partial charge in [-0.25, -0.2) is 14.2 Å². The minimum atomic E-state index is -2.02. The van der Waals surface area contributed by atoms with Gasteiger partial charge < -0.3 is 45.7 Å². The summed E-state index contributed by atoms with van der Waals surface area (Å²) in [6, 6.07) is 2.45. The average Bonchev–Trinajstić information content (AvgIpc) is 3.87. The number of hydrogen-bond donors (Lipinski definition) is 6. The number of halogens is 1. The molecule has 7 amide bonds. The van der Waals surface area contributed by atoms with E-state index in [4.69, 9.17) is 14.5 Å². The predicted molar refractivity (Wildman–Crippen MR) is 228 cm³/mol. The van der Waals surface area contributed by atoms with Gasteiger partial charge in [0.2, 0.25) is 41.4 Å². The number of likely N-dealkylation sites (tertiary alicyclic amines) is 1. The molecule has 6 N–H and O–H groups in total. The number of hydrogen-bond acceptors (Lipinski definition) is 13. The number of fused-ring (bicyclic) bond motifs is 5. The number of amides is 7. The van der Waals surface area contributed by atoms with E-state index in [0.717, 1.165) is 21.4 Å². The van der Waals surface area contributed by atoms with Gasteiger partial charge in [0.15, 0.2) is 5.60 Å². The van der Waals surface area contributed by atoms with Crippen molar-refractivity contribution in [1.82, 2.24) is 41.0 Å².